The van der Waals surface area contributed by atoms with Crippen LogP contribution in [0.3, 0.4) is 0 Å². The summed E-state index contributed by atoms with van der Waals surface area (Å²) in [6.45, 7) is 5.67. The highest BCUT2D eigenvalue weighted by atomic mass is 16.2. The van der Waals surface area contributed by atoms with Crippen LogP contribution in [0.1, 0.15) is 31.4 Å². The highest BCUT2D eigenvalue weighted by molar-refractivity contribution is 6.10. The van der Waals surface area contributed by atoms with Crippen molar-refractivity contribution in [1.29, 1.82) is 0 Å². The number of fused-ring (bicyclic) bond motifs is 2. The fourth-order valence-electron chi connectivity index (χ4n) is 4.42. The Bertz CT molecular complexity index is 984. The summed E-state index contributed by atoms with van der Waals surface area (Å²) in [6, 6.07) is 14.7. The van der Waals surface area contributed by atoms with Gasteiger partial charge in [0.1, 0.15) is 12.1 Å². The molecule has 1 fully saturated rings. The summed E-state index contributed by atoms with van der Waals surface area (Å²) in [7, 11) is 0. The Kier molecular flexibility index (Phi) is 5.20. The molecule has 0 unspecified atom stereocenters. The minimum absolute atomic E-state index is 0.313. The molecular weight excluding hydrogens is 380 g/mol. The molecule has 7 nitrogen and oxygen atoms in total. The van der Waals surface area contributed by atoms with E-state index in [1.165, 1.54) is 0 Å². The summed E-state index contributed by atoms with van der Waals surface area (Å²) >= 11 is 0. The molecule has 1 atom stereocenters. The zero-order valence-electron chi connectivity index (χ0n) is 17.3. The molecule has 156 valence electrons. The second kappa shape index (κ2) is 7.82. The fourth-order valence-corrected chi connectivity index (χ4v) is 4.42. The maximum absolute atomic E-state index is 13.1. The monoisotopic (exact) mass is 406 g/mol. The maximum Gasteiger partial charge on any atom is 0.325 e. The van der Waals surface area contributed by atoms with Gasteiger partial charge < -0.3 is 15.5 Å². The van der Waals surface area contributed by atoms with E-state index in [0.717, 1.165) is 41.2 Å². The van der Waals surface area contributed by atoms with Crippen molar-refractivity contribution in [2.24, 2.45) is 0 Å². The van der Waals surface area contributed by atoms with Crippen molar-refractivity contribution in [1.82, 2.24) is 10.2 Å². The van der Waals surface area contributed by atoms with Gasteiger partial charge in [-0.15, -0.1) is 0 Å². The summed E-state index contributed by atoms with van der Waals surface area (Å²) in [4.78, 5) is 41.4. The van der Waals surface area contributed by atoms with Gasteiger partial charge in [0.15, 0.2) is 0 Å². The van der Waals surface area contributed by atoms with Crippen LogP contribution >= 0.6 is 0 Å². The predicted molar refractivity (Wildman–Crippen MR) is 115 cm³/mol. The van der Waals surface area contributed by atoms with Gasteiger partial charge in [-0.2, -0.15) is 0 Å². The molecule has 2 aromatic rings. The lowest BCUT2D eigenvalue weighted by molar-refractivity contribution is -0.134. The van der Waals surface area contributed by atoms with E-state index in [0.29, 0.717) is 12.1 Å². The molecule has 7 heteroatoms. The van der Waals surface area contributed by atoms with E-state index in [-0.39, 0.29) is 12.5 Å². The standard InChI is InChI=1S/C23H26N4O3/c1-3-26(4-2)18-11-9-17(10-12-18)24-20(28)15-27-21(29)23(25-22(27)30)14-13-16-7-5-6-8-19(16)23/h5-12H,3-4,13-15H2,1-2H3,(H,24,28)(H,25,30)/t23-/m0/s1. The Hall–Kier alpha value is -3.35. The van der Waals surface area contributed by atoms with Crippen molar-refractivity contribution in [2.75, 3.05) is 29.9 Å². The van der Waals surface area contributed by atoms with Crippen molar-refractivity contribution in [3.05, 3.63) is 59.7 Å². The first-order valence-electron chi connectivity index (χ1n) is 10.4. The number of hydrogen-bond acceptors (Lipinski definition) is 4. The normalized spacial score (nSPS) is 19.7. The highest BCUT2D eigenvalue weighted by Crippen LogP contribution is 2.41. The molecule has 4 rings (SSSR count). The number of urea groups is 1. The number of nitrogens with zero attached hydrogens (tertiary/aromatic N) is 2. The van der Waals surface area contributed by atoms with Crippen molar-refractivity contribution >= 4 is 29.2 Å². The zero-order chi connectivity index (χ0) is 21.3. The fraction of sp³-hybridized carbons (Fsp3) is 0.348. The molecule has 1 heterocycles. The predicted octanol–water partition coefficient (Wildman–Crippen LogP) is 2.86. The lowest BCUT2D eigenvalue weighted by Crippen LogP contribution is -2.43. The van der Waals surface area contributed by atoms with Crippen LogP contribution in [0, 0.1) is 0 Å². The summed E-state index contributed by atoms with van der Waals surface area (Å²) in [5, 5.41) is 5.62. The zero-order valence-corrected chi connectivity index (χ0v) is 17.3. The molecule has 0 aromatic heterocycles. The van der Waals surface area contributed by atoms with E-state index in [1.807, 2.05) is 48.5 Å². The van der Waals surface area contributed by atoms with Gasteiger partial charge >= 0.3 is 6.03 Å². The largest absolute Gasteiger partial charge is 0.372 e. The molecule has 1 aliphatic heterocycles. The average Bonchev–Trinajstić information content (AvgIpc) is 3.23. The van der Waals surface area contributed by atoms with Crippen LogP contribution in [0.2, 0.25) is 0 Å². The second-order valence-corrected chi connectivity index (χ2v) is 7.65. The molecule has 2 aliphatic rings. The van der Waals surface area contributed by atoms with Crippen LogP contribution in [0.5, 0.6) is 0 Å². The van der Waals surface area contributed by atoms with Gasteiger partial charge in [0.05, 0.1) is 0 Å². The molecule has 4 amide bonds. The first kappa shape index (κ1) is 19.9. The molecule has 2 aromatic carbocycles. The third-order valence-corrected chi connectivity index (χ3v) is 6.00. The SMILES string of the molecule is CCN(CC)c1ccc(NC(=O)CN2C(=O)N[C@]3(CCc4ccccc43)C2=O)cc1. The number of aryl methyl sites for hydroxylation is 1. The van der Waals surface area contributed by atoms with E-state index in [4.69, 9.17) is 0 Å². The van der Waals surface area contributed by atoms with Crippen molar-refractivity contribution in [3.8, 4) is 0 Å². The molecular formula is C23H26N4O3. The van der Waals surface area contributed by atoms with Crippen LogP contribution in [0.4, 0.5) is 16.2 Å². The van der Waals surface area contributed by atoms with Gasteiger partial charge in [-0.25, -0.2) is 4.79 Å². The number of hydrogen-bond donors (Lipinski definition) is 2. The molecule has 1 aliphatic carbocycles. The molecule has 0 saturated carbocycles. The van der Waals surface area contributed by atoms with E-state index in [1.54, 1.807) is 0 Å². The third-order valence-electron chi connectivity index (χ3n) is 6.00. The lowest BCUT2D eigenvalue weighted by Gasteiger charge is -2.22. The number of anilines is 2. The first-order valence-corrected chi connectivity index (χ1v) is 10.4. The molecule has 2 N–H and O–H groups in total. The smallest absolute Gasteiger partial charge is 0.325 e. The minimum Gasteiger partial charge on any atom is -0.372 e. The number of nitrogens with one attached hydrogen (secondary N) is 2. The lowest BCUT2D eigenvalue weighted by atomic mass is 9.92. The average molecular weight is 406 g/mol. The van der Waals surface area contributed by atoms with Crippen LogP contribution in [-0.2, 0) is 21.5 Å². The third kappa shape index (κ3) is 3.30. The number of carbonyl (C=O) groups excluding carboxylic acids is 3. The number of rotatable bonds is 6. The van der Waals surface area contributed by atoms with E-state index in [2.05, 4.69) is 29.4 Å². The molecule has 0 radical (unpaired) electrons. The molecule has 1 spiro atoms. The van der Waals surface area contributed by atoms with E-state index < -0.39 is 17.5 Å². The maximum atomic E-state index is 13.1. The Morgan fingerprint density at radius 3 is 2.50 bits per heavy atom. The quantitative estimate of drug-likeness (QED) is 0.723. The summed E-state index contributed by atoms with van der Waals surface area (Å²) in [5.41, 5.74) is 2.56. The first-order chi connectivity index (χ1) is 14.5. The van der Waals surface area contributed by atoms with Gasteiger partial charge in [0, 0.05) is 24.5 Å². The van der Waals surface area contributed by atoms with E-state index in [9.17, 15) is 14.4 Å². The number of amides is 4. The molecule has 0 bridgehead atoms. The molecule has 1 saturated heterocycles. The summed E-state index contributed by atoms with van der Waals surface area (Å²) < 4.78 is 0. The Morgan fingerprint density at radius 1 is 1.10 bits per heavy atom. The number of benzene rings is 2. The Balaban J connectivity index is 1.44. The highest BCUT2D eigenvalue weighted by Gasteiger charge is 2.55. The minimum atomic E-state index is -1.04. The van der Waals surface area contributed by atoms with E-state index >= 15 is 0 Å². The van der Waals surface area contributed by atoms with Gasteiger partial charge in [-0.3, -0.25) is 14.5 Å². The van der Waals surface area contributed by atoms with Crippen LogP contribution in [0.15, 0.2) is 48.5 Å². The van der Waals surface area contributed by atoms with Crippen LogP contribution in [0.25, 0.3) is 0 Å². The Labute approximate surface area is 176 Å². The van der Waals surface area contributed by atoms with Gasteiger partial charge in [-0.1, -0.05) is 24.3 Å². The topological polar surface area (TPSA) is 81.8 Å². The van der Waals surface area contributed by atoms with Crippen LogP contribution < -0.4 is 15.5 Å². The van der Waals surface area contributed by atoms with Crippen molar-refractivity contribution < 1.29 is 14.4 Å². The number of carbonyl (C=O) groups is 3. The summed E-state index contributed by atoms with van der Waals surface area (Å²) in [5.74, 6) is -0.762. The Morgan fingerprint density at radius 2 is 1.80 bits per heavy atom. The summed E-state index contributed by atoms with van der Waals surface area (Å²) in [6.07, 6.45) is 1.24. The van der Waals surface area contributed by atoms with Crippen molar-refractivity contribution in [2.45, 2.75) is 32.2 Å². The van der Waals surface area contributed by atoms with Crippen molar-refractivity contribution in [3.63, 3.8) is 0 Å². The number of imide groups is 1. The second-order valence-electron chi connectivity index (χ2n) is 7.65. The van der Waals surface area contributed by atoms with Crippen LogP contribution in [-0.4, -0.2) is 42.4 Å². The molecule has 30 heavy (non-hydrogen) atoms. The van der Waals surface area contributed by atoms with Gasteiger partial charge in [0.2, 0.25) is 5.91 Å². The van der Waals surface area contributed by atoms with Gasteiger partial charge in [0.25, 0.3) is 5.91 Å². The van der Waals surface area contributed by atoms with Gasteiger partial charge in [-0.05, 0) is 62.1 Å².